The van der Waals surface area contributed by atoms with E-state index in [1.54, 1.807) is 4.90 Å². The van der Waals surface area contributed by atoms with Crippen molar-refractivity contribution in [3.8, 4) is 6.07 Å². The van der Waals surface area contributed by atoms with Crippen LogP contribution in [0.5, 0.6) is 0 Å². The lowest BCUT2D eigenvalue weighted by atomic mass is 10.1. The van der Waals surface area contributed by atoms with Gasteiger partial charge in [0.2, 0.25) is 0 Å². The average molecular weight is 247 g/mol. The van der Waals surface area contributed by atoms with E-state index >= 15 is 0 Å². The van der Waals surface area contributed by atoms with Crippen LogP contribution in [-0.4, -0.2) is 37.0 Å². The van der Waals surface area contributed by atoms with Crippen molar-refractivity contribution in [2.45, 2.75) is 13.3 Å². The second-order valence-corrected chi connectivity index (χ2v) is 4.54. The van der Waals surface area contributed by atoms with E-state index in [4.69, 9.17) is 9.68 Å². The quantitative estimate of drug-likeness (QED) is 0.853. The van der Waals surface area contributed by atoms with Crippen LogP contribution in [0.4, 0.5) is 0 Å². The largest absolute Gasteiger partial charge is 0.458 e. The molecule has 0 radical (unpaired) electrons. The molecule has 18 heavy (non-hydrogen) atoms. The minimum atomic E-state index is -0.126. The molecule has 1 unspecified atom stereocenters. The van der Waals surface area contributed by atoms with Crippen LogP contribution in [0.25, 0.3) is 0 Å². The lowest BCUT2D eigenvalue weighted by Gasteiger charge is -2.22. The molecule has 0 saturated carbocycles. The molecule has 1 aromatic rings. The first-order valence-electron chi connectivity index (χ1n) is 6.23. The highest BCUT2D eigenvalue weighted by Crippen LogP contribution is 2.14. The SMILES string of the molecule is CCC1CNCCN(C(=O)c2cc(C#N)co2)C1. The second-order valence-electron chi connectivity index (χ2n) is 4.54. The Morgan fingerprint density at radius 3 is 3.22 bits per heavy atom. The van der Waals surface area contributed by atoms with Gasteiger partial charge in [-0.3, -0.25) is 4.79 Å². The van der Waals surface area contributed by atoms with Crippen LogP contribution >= 0.6 is 0 Å². The summed E-state index contributed by atoms with van der Waals surface area (Å²) >= 11 is 0. The Morgan fingerprint density at radius 1 is 1.72 bits per heavy atom. The zero-order valence-electron chi connectivity index (χ0n) is 10.5. The fraction of sp³-hybridized carbons (Fsp3) is 0.538. The monoisotopic (exact) mass is 247 g/mol. The van der Waals surface area contributed by atoms with Crippen molar-refractivity contribution >= 4 is 5.91 Å². The van der Waals surface area contributed by atoms with Gasteiger partial charge in [0, 0.05) is 25.7 Å². The highest BCUT2D eigenvalue weighted by molar-refractivity contribution is 5.91. The molecule has 0 spiro atoms. The third-order valence-corrected chi connectivity index (χ3v) is 3.27. The highest BCUT2D eigenvalue weighted by atomic mass is 16.3. The summed E-state index contributed by atoms with van der Waals surface area (Å²) in [7, 11) is 0. The maximum atomic E-state index is 12.2. The zero-order chi connectivity index (χ0) is 13.0. The van der Waals surface area contributed by atoms with Gasteiger partial charge < -0.3 is 14.6 Å². The van der Waals surface area contributed by atoms with E-state index in [1.165, 1.54) is 12.3 Å². The van der Waals surface area contributed by atoms with Gasteiger partial charge in [0.25, 0.3) is 5.91 Å². The van der Waals surface area contributed by atoms with Crippen molar-refractivity contribution in [1.29, 1.82) is 5.26 Å². The molecule has 2 rings (SSSR count). The number of carbonyl (C=O) groups excluding carboxylic acids is 1. The van der Waals surface area contributed by atoms with Crippen LogP contribution in [0, 0.1) is 17.2 Å². The zero-order valence-corrected chi connectivity index (χ0v) is 10.5. The van der Waals surface area contributed by atoms with Crippen LogP contribution < -0.4 is 5.32 Å². The third kappa shape index (κ3) is 2.71. The van der Waals surface area contributed by atoms with Crippen molar-refractivity contribution in [1.82, 2.24) is 10.2 Å². The van der Waals surface area contributed by atoms with E-state index in [-0.39, 0.29) is 11.7 Å². The summed E-state index contributed by atoms with van der Waals surface area (Å²) < 4.78 is 5.15. The summed E-state index contributed by atoms with van der Waals surface area (Å²) in [6.07, 6.45) is 2.36. The van der Waals surface area contributed by atoms with Gasteiger partial charge in [0.15, 0.2) is 5.76 Å². The minimum Gasteiger partial charge on any atom is -0.458 e. The molecule has 1 amide bonds. The number of furan rings is 1. The van der Waals surface area contributed by atoms with Gasteiger partial charge in [0.05, 0.1) is 5.56 Å². The van der Waals surface area contributed by atoms with E-state index in [9.17, 15) is 4.79 Å². The molecule has 0 aliphatic carbocycles. The highest BCUT2D eigenvalue weighted by Gasteiger charge is 2.23. The first-order chi connectivity index (χ1) is 8.74. The van der Waals surface area contributed by atoms with Crippen molar-refractivity contribution in [2.24, 2.45) is 5.92 Å². The Hall–Kier alpha value is -1.80. The van der Waals surface area contributed by atoms with Crippen LogP contribution in [0.15, 0.2) is 16.7 Å². The molecule has 5 nitrogen and oxygen atoms in total. The van der Waals surface area contributed by atoms with E-state index in [2.05, 4.69) is 12.2 Å². The van der Waals surface area contributed by atoms with Gasteiger partial charge in [0.1, 0.15) is 12.3 Å². The molecule has 0 bridgehead atoms. The Morgan fingerprint density at radius 2 is 2.56 bits per heavy atom. The van der Waals surface area contributed by atoms with Crippen molar-refractivity contribution in [2.75, 3.05) is 26.2 Å². The summed E-state index contributed by atoms with van der Waals surface area (Å²) in [5, 5.41) is 12.0. The van der Waals surface area contributed by atoms with Crippen LogP contribution in [0.1, 0.15) is 29.5 Å². The molecule has 2 heterocycles. The Kier molecular flexibility index (Phi) is 4.00. The smallest absolute Gasteiger partial charge is 0.289 e. The number of nitrogens with zero attached hydrogens (tertiary/aromatic N) is 2. The maximum Gasteiger partial charge on any atom is 0.289 e. The lowest BCUT2D eigenvalue weighted by Crippen LogP contribution is -2.35. The summed E-state index contributed by atoms with van der Waals surface area (Å²) in [6, 6.07) is 3.46. The summed E-state index contributed by atoms with van der Waals surface area (Å²) in [6.45, 7) is 5.29. The van der Waals surface area contributed by atoms with Gasteiger partial charge in [-0.25, -0.2) is 0 Å². The number of rotatable bonds is 2. The molecule has 0 aromatic carbocycles. The number of hydrogen-bond donors (Lipinski definition) is 1. The first kappa shape index (κ1) is 12.7. The fourth-order valence-corrected chi connectivity index (χ4v) is 2.11. The Labute approximate surface area is 106 Å². The molecule has 96 valence electrons. The molecule has 1 aromatic heterocycles. The van der Waals surface area contributed by atoms with Gasteiger partial charge >= 0.3 is 0 Å². The predicted molar refractivity (Wildman–Crippen MR) is 66.0 cm³/mol. The Balaban J connectivity index is 2.09. The molecule has 1 atom stereocenters. The van der Waals surface area contributed by atoms with E-state index < -0.39 is 0 Å². The number of hydrogen-bond acceptors (Lipinski definition) is 4. The Bertz CT molecular complexity index is 461. The maximum absolute atomic E-state index is 12.2. The molecule has 5 heteroatoms. The van der Waals surface area contributed by atoms with Crippen LogP contribution in [0.3, 0.4) is 0 Å². The normalized spacial score (nSPS) is 20.2. The van der Waals surface area contributed by atoms with E-state index in [0.29, 0.717) is 18.0 Å². The molecular formula is C13H17N3O2. The van der Waals surface area contributed by atoms with Crippen molar-refractivity contribution in [3.63, 3.8) is 0 Å². The predicted octanol–water partition coefficient (Wildman–Crippen LogP) is 1.22. The summed E-state index contributed by atoms with van der Waals surface area (Å²) in [5.41, 5.74) is 0.387. The molecule has 1 saturated heterocycles. The standard InChI is InChI=1S/C13H17N3O2/c1-2-10-7-15-3-4-16(8-10)13(17)12-5-11(6-14)9-18-12/h5,9-10,15H,2-4,7-8H2,1H3. The fourth-order valence-electron chi connectivity index (χ4n) is 2.11. The van der Waals surface area contributed by atoms with Crippen molar-refractivity contribution in [3.05, 3.63) is 23.7 Å². The topological polar surface area (TPSA) is 69.3 Å². The average Bonchev–Trinajstić information content (AvgIpc) is 2.75. The summed E-state index contributed by atoms with van der Waals surface area (Å²) in [4.78, 5) is 14.0. The molecular weight excluding hydrogens is 230 g/mol. The van der Waals surface area contributed by atoms with Gasteiger partial charge in [-0.05, 0) is 12.5 Å². The lowest BCUT2D eigenvalue weighted by molar-refractivity contribution is 0.0714. The minimum absolute atomic E-state index is 0.126. The molecule has 1 fully saturated rings. The number of nitriles is 1. The van der Waals surface area contributed by atoms with Crippen molar-refractivity contribution < 1.29 is 9.21 Å². The molecule has 1 N–H and O–H groups in total. The molecule has 1 aliphatic heterocycles. The van der Waals surface area contributed by atoms with Gasteiger partial charge in [-0.1, -0.05) is 13.3 Å². The number of carbonyl (C=O) groups is 1. The number of nitrogens with one attached hydrogen (secondary N) is 1. The van der Waals surface area contributed by atoms with Crippen LogP contribution in [-0.2, 0) is 0 Å². The first-order valence-corrected chi connectivity index (χ1v) is 6.23. The summed E-state index contributed by atoms with van der Waals surface area (Å²) in [5.74, 6) is 0.601. The van der Waals surface area contributed by atoms with E-state index in [1.807, 2.05) is 6.07 Å². The van der Waals surface area contributed by atoms with Crippen LogP contribution in [0.2, 0.25) is 0 Å². The van der Waals surface area contributed by atoms with Gasteiger partial charge in [-0.15, -0.1) is 0 Å². The van der Waals surface area contributed by atoms with Gasteiger partial charge in [-0.2, -0.15) is 5.26 Å². The van der Waals surface area contributed by atoms with E-state index in [0.717, 1.165) is 26.1 Å². The third-order valence-electron chi connectivity index (χ3n) is 3.27. The molecule has 1 aliphatic rings. The second kappa shape index (κ2) is 5.69. The number of amides is 1.